The van der Waals surface area contributed by atoms with E-state index in [2.05, 4.69) is 30.9 Å². The SMILES string of the molecule is O=C(O)C1CC=CCC1c1nc2ncc(Br)cc2[nH]1. The summed E-state index contributed by atoms with van der Waals surface area (Å²) < 4.78 is 0.869. The minimum absolute atomic E-state index is 0.115. The largest absolute Gasteiger partial charge is 0.481 e. The highest BCUT2D eigenvalue weighted by Gasteiger charge is 2.32. The molecule has 2 N–H and O–H groups in total. The smallest absolute Gasteiger partial charge is 0.307 e. The van der Waals surface area contributed by atoms with Crippen LogP contribution in [0.3, 0.4) is 0 Å². The van der Waals surface area contributed by atoms with E-state index in [0.29, 0.717) is 24.3 Å². The molecule has 1 aliphatic rings. The van der Waals surface area contributed by atoms with Gasteiger partial charge in [0.1, 0.15) is 5.82 Å². The number of imidazole rings is 1. The van der Waals surface area contributed by atoms with Crippen molar-refractivity contribution < 1.29 is 9.90 Å². The number of hydrogen-bond donors (Lipinski definition) is 2. The van der Waals surface area contributed by atoms with E-state index in [1.165, 1.54) is 0 Å². The first kappa shape index (κ1) is 12.3. The number of H-pyrrole nitrogens is 1. The fourth-order valence-electron chi connectivity index (χ4n) is 2.46. The van der Waals surface area contributed by atoms with Gasteiger partial charge in [-0.3, -0.25) is 4.79 Å². The number of halogens is 1. The van der Waals surface area contributed by atoms with Crippen molar-refractivity contribution in [1.29, 1.82) is 0 Å². The number of pyridine rings is 1. The van der Waals surface area contributed by atoms with E-state index in [4.69, 9.17) is 0 Å². The van der Waals surface area contributed by atoms with E-state index in [0.717, 1.165) is 9.99 Å². The number of aliphatic carboxylic acids is 1. The van der Waals surface area contributed by atoms with Crippen LogP contribution in [0, 0.1) is 5.92 Å². The Hall–Kier alpha value is -1.69. The van der Waals surface area contributed by atoms with E-state index < -0.39 is 11.9 Å². The Morgan fingerprint density at radius 1 is 1.42 bits per heavy atom. The number of aromatic amines is 1. The molecule has 3 rings (SSSR count). The number of carbonyl (C=O) groups is 1. The van der Waals surface area contributed by atoms with Gasteiger partial charge in [0.15, 0.2) is 5.65 Å². The van der Waals surface area contributed by atoms with E-state index in [1.54, 1.807) is 6.20 Å². The Balaban J connectivity index is 2.02. The average molecular weight is 322 g/mol. The van der Waals surface area contributed by atoms with Gasteiger partial charge in [-0.25, -0.2) is 9.97 Å². The zero-order chi connectivity index (χ0) is 13.4. The molecule has 1 aliphatic carbocycles. The number of fused-ring (bicyclic) bond motifs is 1. The fraction of sp³-hybridized carbons (Fsp3) is 0.308. The van der Waals surface area contributed by atoms with Crippen LogP contribution >= 0.6 is 15.9 Å². The molecule has 0 fully saturated rings. The van der Waals surface area contributed by atoms with Crippen molar-refractivity contribution in [1.82, 2.24) is 15.0 Å². The highest BCUT2D eigenvalue weighted by molar-refractivity contribution is 9.10. The number of nitrogens with zero attached hydrogens (tertiary/aromatic N) is 2. The second-order valence-electron chi connectivity index (χ2n) is 4.64. The van der Waals surface area contributed by atoms with Crippen molar-refractivity contribution in [3.63, 3.8) is 0 Å². The van der Waals surface area contributed by atoms with E-state index in [1.807, 2.05) is 18.2 Å². The summed E-state index contributed by atoms with van der Waals surface area (Å²) in [4.78, 5) is 23.1. The predicted octanol–water partition coefficient (Wildman–Crippen LogP) is 2.85. The number of hydrogen-bond acceptors (Lipinski definition) is 3. The quantitative estimate of drug-likeness (QED) is 0.833. The molecule has 0 spiro atoms. The summed E-state index contributed by atoms with van der Waals surface area (Å²) >= 11 is 3.36. The van der Waals surface area contributed by atoms with Gasteiger partial charge in [0, 0.05) is 16.6 Å². The molecule has 0 aliphatic heterocycles. The zero-order valence-electron chi connectivity index (χ0n) is 10.0. The van der Waals surface area contributed by atoms with E-state index >= 15 is 0 Å². The summed E-state index contributed by atoms with van der Waals surface area (Å²) in [6.07, 6.45) is 6.86. The average Bonchev–Trinajstić information content (AvgIpc) is 2.81. The molecule has 2 atom stereocenters. The van der Waals surface area contributed by atoms with Gasteiger partial charge in [-0.2, -0.15) is 0 Å². The highest BCUT2D eigenvalue weighted by atomic mass is 79.9. The normalized spacial score (nSPS) is 22.8. The summed E-state index contributed by atoms with van der Waals surface area (Å²) in [7, 11) is 0. The summed E-state index contributed by atoms with van der Waals surface area (Å²) in [5, 5.41) is 9.29. The summed E-state index contributed by atoms with van der Waals surface area (Å²) in [5.74, 6) is -0.606. The number of carboxylic acid groups (broad SMARTS) is 1. The van der Waals surface area contributed by atoms with Crippen LogP contribution in [0.4, 0.5) is 0 Å². The Labute approximate surface area is 117 Å². The van der Waals surface area contributed by atoms with E-state index in [-0.39, 0.29) is 5.92 Å². The van der Waals surface area contributed by atoms with Gasteiger partial charge in [0.2, 0.25) is 0 Å². The molecule has 0 aromatic carbocycles. The molecule has 6 heteroatoms. The third-order valence-electron chi connectivity index (χ3n) is 3.42. The lowest BCUT2D eigenvalue weighted by atomic mass is 9.82. The molecule has 2 heterocycles. The molecule has 0 radical (unpaired) electrons. The van der Waals surface area contributed by atoms with Gasteiger partial charge in [0.25, 0.3) is 0 Å². The number of rotatable bonds is 2. The van der Waals surface area contributed by atoms with Crippen LogP contribution in [0.25, 0.3) is 11.2 Å². The molecule has 98 valence electrons. The lowest BCUT2D eigenvalue weighted by molar-refractivity contribution is -0.142. The number of aromatic nitrogens is 3. The second-order valence-corrected chi connectivity index (χ2v) is 5.56. The van der Waals surface area contributed by atoms with Gasteiger partial charge in [-0.05, 0) is 34.8 Å². The van der Waals surface area contributed by atoms with Crippen LogP contribution in [-0.4, -0.2) is 26.0 Å². The van der Waals surface area contributed by atoms with Gasteiger partial charge < -0.3 is 10.1 Å². The van der Waals surface area contributed by atoms with Crippen LogP contribution in [0.2, 0.25) is 0 Å². The summed E-state index contributed by atoms with van der Waals surface area (Å²) in [6.45, 7) is 0. The van der Waals surface area contributed by atoms with Gasteiger partial charge in [-0.1, -0.05) is 12.2 Å². The molecule has 5 nitrogen and oxygen atoms in total. The van der Waals surface area contributed by atoms with Crippen molar-refractivity contribution in [3.8, 4) is 0 Å². The molecule has 19 heavy (non-hydrogen) atoms. The first-order valence-electron chi connectivity index (χ1n) is 6.04. The molecular weight excluding hydrogens is 310 g/mol. The molecular formula is C13H12BrN3O2. The van der Waals surface area contributed by atoms with Crippen molar-refractivity contribution >= 4 is 33.1 Å². The Bertz CT molecular complexity index is 665. The van der Waals surface area contributed by atoms with Crippen molar-refractivity contribution in [2.75, 3.05) is 0 Å². The maximum absolute atomic E-state index is 11.3. The topological polar surface area (TPSA) is 78.9 Å². The third-order valence-corrected chi connectivity index (χ3v) is 3.86. The third kappa shape index (κ3) is 2.28. The molecule has 2 unspecified atom stereocenters. The monoisotopic (exact) mass is 321 g/mol. The lowest BCUT2D eigenvalue weighted by Gasteiger charge is -2.23. The second kappa shape index (κ2) is 4.77. The minimum Gasteiger partial charge on any atom is -0.481 e. The van der Waals surface area contributed by atoms with Gasteiger partial charge >= 0.3 is 5.97 Å². The number of allylic oxidation sites excluding steroid dienone is 2. The van der Waals surface area contributed by atoms with Gasteiger partial charge in [-0.15, -0.1) is 0 Å². The standard InChI is InChI=1S/C13H12BrN3O2/c14-7-5-10-12(15-6-7)17-11(16-10)8-3-1-2-4-9(8)13(18)19/h1-2,5-6,8-9H,3-4H2,(H,18,19)(H,15,16,17). The van der Waals surface area contributed by atoms with E-state index in [9.17, 15) is 9.90 Å². The predicted molar refractivity (Wildman–Crippen MR) is 73.8 cm³/mol. The summed E-state index contributed by atoms with van der Waals surface area (Å²) in [6, 6.07) is 1.90. The zero-order valence-corrected chi connectivity index (χ0v) is 11.6. The molecule has 0 amide bonds. The molecule has 2 aromatic rings. The van der Waals surface area contributed by atoms with Gasteiger partial charge in [0.05, 0.1) is 11.4 Å². The Kier molecular flexibility index (Phi) is 3.10. The molecule has 0 saturated heterocycles. The highest BCUT2D eigenvalue weighted by Crippen LogP contribution is 2.34. The molecule has 0 saturated carbocycles. The lowest BCUT2D eigenvalue weighted by Crippen LogP contribution is -2.24. The van der Waals surface area contributed by atoms with Crippen LogP contribution in [-0.2, 0) is 4.79 Å². The molecule has 0 bridgehead atoms. The Morgan fingerprint density at radius 2 is 2.21 bits per heavy atom. The minimum atomic E-state index is -0.774. The molecule has 2 aromatic heterocycles. The maximum atomic E-state index is 11.3. The van der Waals surface area contributed by atoms with Crippen molar-refractivity contribution in [2.24, 2.45) is 5.92 Å². The first-order chi connectivity index (χ1) is 9.15. The van der Waals surface area contributed by atoms with Crippen LogP contribution < -0.4 is 0 Å². The van der Waals surface area contributed by atoms with Crippen LogP contribution in [0.5, 0.6) is 0 Å². The van der Waals surface area contributed by atoms with Crippen molar-refractivity contribution in [3.05, 3.63) is 34.7 Å². The number of nitrogens with one attached hydrogen (secondary N) is 1. The van der Waals surface area contributed by atoms with Crippen LogP contribution in [0.15, 0.2) is 28.9 Å². The first-order valence-corrected chi connectivity index (χ1v) is 6.83. The maximum Gasteiger partial charge on any atom is 0.307 e. The number of carboxylic acids is 1. The fourth-order valence-corrected chi connectivity index (χ4v) is 2.79. The van der Waals surface area contributed by atoms with Crippen molar-refractivity contribution in [2.45, 2.75) is 18.8 Å². The van der Waals surface area contributed by atoms with Crippen LogP contribution in [0.1, 0.15) is 24.6 Å². The summed E-state index contributed by atoms with van der Waals surface area (Å²) in [5.41, 5.74) is 1.44. The Morgan fingerprint density at radius 3 is 3.00 bits per heavy atom.